The van der Waals surface area contributed by atoms with E-state index in [0.717, 1.165) is 61.0 Å². The Kier molecular flexibility index (Phi) is 6.71. The fourth-order valence-corrected chi connectivity index (χ4v) is 8.08. The number of nitrogens with zero attached hydrogens (tertiary/aromatic N) is 3. The molecule has 3 heterocycles. The van der Waals surface area contributed by atoms with Gasteiger partial charge in [-0.05, 0) is 74.8 Å². The van der Waals surface area contributed by atoms with Gasteiger partial charge in [0.05, 0.1) is 27.8 Å². The molecule has 0 bridgehead atoms. The van der Waals surface area contributed by atoms with Crippen molar-refractivity contribution in [2.24, 2.45) is 0 Å². The second-order valence-corrected chi connectivity index (χ2v) is 13.2. The highest BCUT2D eigenvalue weighted by Crippen LogP contribution is 2.56. The molecule has 0 amide bonds. The van der Waals surface area contributed by atoms with Crippen molar-refractivity contribution in [3.63, 3.8) is 0 Å². The van der Waals surface area contributed by atoms with Crippen LogP contribution in [-0.2, 0) is 5.41 Å². The lowest BCUT2D eigenvalue weighted by molar-refractivity contribution is 0.763. The van der Waals surface area contributed by atoms with E-state index in [1.54, 1.807) is 0 Å². The van der Waals surface area contributed by atoms with Gasteiger partial charge in [0.15, 0.2) is 0 Å². The normalized spacial score (nSPS) is 14.7. The molecule has 1 aliphatic rings. The molecule has 0 saturated carbocycles. The van der Waals surface area contributed by atoms with E-state index < -0.39 is 5.41 Å². The largest absolute Gasteiger partial charge is 0.264 e. The van der Waals surface area contributed by atoms with Crippen molar-refractivity contribution >= 4 is 21.8 Å². The Bertz CT molecular complexity index is 2700. The Morgan fingerprint density at radius 2 is 0.961 bits per heavy atom. The smallest absolute Gasteiger partial charge is 0.0972 e. The van der Waals surface area contributed by atoms with Crippen LogP contribution in [0.15, 0.2) is 188 Å². The number of hydrogen-bond acceptors (Lipinski definition) is 3. The Balaban J connectivity index is 1.12. The molecule has 1 unspecified atom stereocenters. The van der Waals surface area contributed by atoms with Crippen LogP contribution in [0.5, 0.6) is 0 Å². The second kappa shape index (κ2) is 11.7. The van der Waals surface area contributed by atoms with Gasteiger partial charge in [0.25, 0.3) is 0 Å². The summed E-state index contributed by atoms with van der Waals surface area (Å²) >= 11 is 0. The zero-order valence-corrected chi connectivity index (χ0v) is 27.7. The summed E-state index contributed by atoms with van der Waals surface area (Å²) in [5, 5.41) is 2.15. The van der Waals surface area contributed by atoms with Crippen LogP contribution in [0.1, 0.15) is 22.3 Å². The van der Waals surface area contributed by atoms with E-state index in [9.17, 15) is 0 Å². The number of pyridine rings is 3. The Morgan fingerprint density at radius 1 is 0.373 bits per heavy atom. The SMILES string of the molecule is c1ccc(-c2ccc3ccc4ccc(-c5cccc(-c6ccc7c(c6)C(c6ccccc6)(c6cccnc6)c6ccccc6-7)c5)nc4c3n2)cc1. The highest BCUT2D eigenvalue weighted by atomic mass is 14.8. The second-order valence-electron chi connectivity index (χ2n) is 13.2. The van der Waals surface area contributed by atoms with Gasteiger partial charge in [-0.3, -0.25) is 4.98 Å². The molecule has 1 atom stereocenters. The number of hydrogen-bond donors (Lipinski definition) is 0. The van der Waals surface area contributed by atoms with E-state index >= 15 is 0 Å². The molecular formula is C48H31N3. The van der Waals surface area contributed by atoms with Gasteiger partial charge in [-0.1, -0.05) is 146 Å². The summed E-state index contributed by atoms with van der Waals surface area (Å²) in [4.78, 5) is 15.0. The van der Waals surface area contributed by atoms with E-state index in [-0.39, 0.29) is 0 Å². The van der Waals surface area contributed by atoms with Crippen LogP contribution in [0.3, 0.4) is 0 Å². The Morgan fingerprint density at radius 3 is 1.71 bits per heavy atom. The average molecular weight is 650 g/mol. The number of fused-ring (bicyclic) bond motifs is 6. The fraction of sp³-hybridized carbons (Fsp3) is 0.0208. The van der Waals surface area contributed by atoms with E-state index in [1.165, 1.54) is 27.8 Å². The first kappa shape index (κ1) is 29.2. The first-order chi connectivity index (χ1) is 25.3. The molecule has 0 fully saturated rings. The fourth-order valence-electron chi connectivity index (χ4n) is 8.08. The Labute approximate surface area is 296 Å². The summed E-state index contributed by atoms with van der Waals surface area (Å²) in [6, 6.07) is 62.8. The van der Waals surface area contributed by atoms with Crippen molar-refractivity contribution in [3.8, 4) is 44.8 Å². The summed E-state index contributed by atoms with van der Waals surface area (Å²) in [6.45, 7) is 0. The number of rotatable bonds is 5. The first-order valence-corrected chi connectivity index (χ1v) is 17.3. The summed E-state index contributed by atoms with van der Waals surface area (Å²) in [5.41, 5.74) is 15.1. The maximum absolute atomic E-state index is 5.26. The van der Waals surface area contributed by atoms with Gasteiger partial charge in [-0.15, -0.1) is 0 Å². The van der Waals surface area contributed by atoms with Crippen LogP contribution < -0.4 is 0 Å². The number of aromatic nitrogens is 3. The lowest BCUT2D eigenvalue weighted by Crippen LogP contribution is -2.28. The molecule has 9 aromatic rings. The van der Waals surface area contributed by atoms with Crippen LogP contribution >= 0.6 is 0 Å². The van der Waals surface area contributed by atoms with Crippen molar-refractivity contribution in [1.29, 1.82) is 0 Å². The van der Waals surface area contributed by atoms with Gasteiger partial charge in [0.2, 0.25) is 0 Å². The summed E-state index contributed by atoms with van der Waals surface area (Å²) in [7, 11) is 0. The van der Waals surface area contributed by atoms with Crippen LogP contribution in [-0.4, -0.2) is 15.0 Å². The molecule has 0 saturated heterocycles. The zero-order chi connectivity index (χ0) is 33.8. The van der Waals surface area contributed by atoms with Gasteiger partial charge in [-0.25, -0.2) is 9.97 Å². The predicted octanol–water partition coefficient (Wildman–Crippen LogP) is 11.5. The summed E-state index contributed by atoms with van der Waals surface area (Å²) < 4.78 is 0. The van der Waals surface area contributed by atoms with Gasteiger partial charge in [0, 0.05) is 34.3 Å². The molecule has 0 spiro atoms. The highest BCUT2D eigenvalue weighted by Gasteiger charge is 2.46. The van der Waals surface area contributed by atoms with Crippen molar-refractivity contribution in [2.45, 2.75) is 5.41 Å². The van der Waals surface area contributed by atoms with Crippen LogP contribution in [0.4, 0.5) is 0 Å². The van der Waals surface area contributed by atoms with E-state index in [2.05, 4.69) is 157 Å². The van der Waals surface area contributed by atoms with Crippen molar-refractivity contribution < 1.29 is 0 Å². The lowest BCUT2D eigenvalue weighted by atomic mass is 9.68. The van der Waals surface area contributed by atoms with Gasteiger partial charge < -0.3 is 0 Å². The molecule has 6 aromatic carbocycles. The molecule has 3 aromatic heterocycles. The molecule has 0 N–H and O–H groups in total. The third kappa shape index (κ3) is 4.63. The minimum Gasteiger partial charge on any atom is -0.264 e. The van der Waals surface area contributed by atoms with Gasteiger partial charge in [0.1, 0.15) is 0 Å². The highest BCUT2D eigenvalue weighted by molar-refractivity contribution is 6.04. The quantitative estimate of drug-likeness (QED) is 0.174. The predicted molar refractivity (Wildman–Crippen MR) is 208 cm³/mol. The first-order valence-electron chi connectivity index (χ1n) is 17.3. The molecule has 0 radical (unpaired) electrons. The molecule has 238 valence electrons. The van der Waals surface area contributed by atoms with Crippen LogP contribution in [0.2, 0.25) is 0 Å². The zero-order valence-electron chi connectivity index (χ0n) is 27.7. The van der Waals surface area contributed by atoms with Gasteiger partial charge in [-0.2, -0.15) is 0 Å². The summed E-state index contributed by atoms with van der Waals surface area (Å²) in [5.74, 6) is 0. The Hall–Kier alpha value is -6.71. The van der Waals surface area contributed by atoms with Crippen LogP contribution in [0.25, 0.3) is 66.6 Å². The monoisotopic (exact) mass is 649 g/mol. The topological polar surface area (TPSA) is 38.7 Å². The lowest BCUT2D eigenvalue weighted by Gasteiger charge is -2.33. The van der Waals surface area contributed by atoms with E-state index in [4.69, 9.17) is 9.97 Å². The third-order valence-electron chi connectivity index (χ3n) is 10.4. The minimum absolute atomic E-state index is 0.498. The maximum atomic E-state index is 5.26. The third-order valence-corrected chi connectivity index (χ3v) is 10.4. The molecule has 51 heavy (non-hydrogen) atoms. The molecule has 1 aliphatic carbocycles. The number of benzene rings is 6. The average Bonchev–Trinajstić information content (AvgIpc) is 3.52. The standard InChI is InChI=1S/C48H31N3/c1-3-11-32(12-4-1)44-26-23-33-20-21-34-24-27-45(51-47(34)46(33)50-44)37-14-9-13-35(29-37)36-22-25-41-40-18-7-8-19-42(40)48(43(41)30-36,38-15-5-2-6-16-38)39-17-10-28-49-31-39/h1-31H. The molecule has 0 aliphatic heterocycles. The van der Waals surface area contributed by atoms with E-state index in [1.807, 2.05) is 36.7 Å². The van der Waals surface area contributed by atoms with Crippen molar-refractivity contribution in [3.05, 3.63) is 211 Å². The van der Waals surface area contributed by atoms with E-state index in [0.29, 0.717) is 0 Å². The minimum atomic E-state index is -0.498. The molecule has 3 nitrogen and oxygen atoms in total. The van der Waals surface area contributed by atoms with Gasteiger partial charge >= 0.3 is 0 Å². The summed E-state index contributed by atoms with van der Waals surface area (Å²) in [6.07, 6.45) is 3.88. The van der Waals surface area contributed by atoms with Crippen molar-refractivity contribution in [2.75, 3.05) is 0 Å². The van der Waals surface area contributed by atoms with Crippen LogP contribution in [0, 0.1) is 0 Å². The maximum Gasteiger partial charge on any atom is 0.0972 e. The molecule has 10 rings (SSSR count). The van der Waals surface area contributed by atoms with Crippen molar-refractivity contribution in [1.82, 2.24) is 15.0 Å². The molecule has 3 heteroatoms. The molecular weight excluding hydrogens is 619 g/mol.